The molecule has 1 aromatic carbocycles. The van der Waals surface area contributed by atoms with Gasteiger partial charge in [-0.2, -0.15) is 0 Å². The molecule has 2 nitrogen and oxygen atoms in total. The molecule has 2 rings (SSSR count). The van der Waals surface area contributed by atoms with E-state index in [0.717, 1.165) is 37.4 Å². The van der Waals surface area contributed by atoms with E-state index in [2.05, 4.69) is 24.0 Å². The van der Waals surface area contributed by atoms with Gasteiger partial charge in [0.15, 0.2) is 0 Å². The van der Waals surface area contributed by atoms with Crippen LogP contribution in [0.5, 0.6) is 0 Å². The third-order valence-corrected chi connectivity index (χ3v) is 3.37. The van der Waals surface area contributed by atoms with Crippen molar-refractivity contribution < 1.29 is 4.74 Å². The highest BCUT2D eigenvalue weighted by atomic mass is 35.5. The number of fused-ring (bicyclic) bond motifs is 1. The van der Waals surface area contributed by atoms with Gasteiger partial charge in [0.05, 0.1) is 12.9 Å². The molecule has 0 bridgehead atoms. The van der Waals surface area contributed by atoms with Crippen molar-refractivity contribution >= 4 is 11.6 Å². The lowest BCUT2D eigenvalue weighted by atomic mass is 10.1. The second kappa shape index (κ2) is 6.08. The van der Waals surface area contributed by atoms with E-state index in [1.165, 1.54) is 17.4 Å². The molecule has 1 aliphatic carbocycles. The Morgan fingerprint density at radius 2 is 2.41 bits per heavy atom. The minimum atomic E-state index is 0.478. The van der Waals surface area contributed by atoms with Crippen molar-refractivity contribution in [3.05, 3.63) is 47.2 Å². The van der Waals surface area contributed by atoms with E-state index in [9.17, 15) is 0 Å². The molecule has 0 radical (unpaired) electrons. The Morgan fingerprint density at radius 3 is 3.24 bits per heavy atom. The molecule has 92 valence electrons. The summed E-state index contributed by atoms with van der Waals surface area (Å²) in [5, 5.41) is 4.40. The number of nitrogens with one attached hydrogen (secondary N) is 1. The van der Waals surface area contributed by atoms with Crippen molar-refractivity contribution in [3.63, 3.8) is 0 Å². The maximum absolute atomic E-state index is 5.99. The second-order valence-corrected chi connectivity index (χ2v) is 4.72. The molecule has 0 aliphatic heterocycles. The van der Waals surface area contributed by atoms with Crippen molar-refractivity contribution in [3.8, 4) is 0 Å². The Hall–Kier alpha value is -0.990. The predicted octanol–water partition coefficient (Wildman–Crippen LogP) is 3.47. The summed E-state index contributed by atoms with van der Waals surface area (Å²) >= 11 is 5.99. The summed E-state index contributed by atoms with van der Waals surface area (Å²) in [7, 11) is 0. The highest BCUT2D eigenvalue weighted by Crippen LogP contribution is 2.32. The van der Waals surface area contributed by atoms with Crippen LogP contribution < -0.4 is 5.32 Å². The van der Waals surface area contributed by atoms with Crippen molar-refractivity contribution in [1.82, 2.24) is 5.32 Å². The topological polar surface area (TPSA) is 21.3 Å². The molecule has 17 heavy (non-hydrogen) atoms. The maximum Gasteiger partial charge on any atom is 0.0885 e. The number of hydrogen-bond acceptors (Lipinski definition) is 2. The Bertz CT molecular complexity index is 392. The van der Waals surface area contributed by atoms with Crippen LogP contribution in [-0.4, -0.2) is 13.2 Å². The average molecular weight is 252 g/mol. The Kier molecular flexibility index (Phi) is 4.46. The smallest absolute Gasteiger partial charge is 0.0885 e. The van der Waals surface area contributed by atoms with Crippen LogP contribution in [0.4, 0.5) is 0 Å². The molecule has 1 N–H and O–H groups in total. The number of ether oxygens (including phenoxy) is 1. The number of halogens is 1. The summed E-state index contributed by atoms with van der Waals surface area (Å²) in [5.74, 6) is 0. The summed E-state index contributed by atoms with van der Waals surface area (Å²) in [4.78, 5) is 0. The molecule has 0 heterocycles. The number of aryl methyl sites for hydroxylation is 1. The molecular formula is C14H18ClNO. The summed E-state index contributed by atoms with van der Waals surface area (Å²) in [5.41, 5.74) is 2.79. The standard InChI is InChI=1S/C14H18ClNO/c1-2-17-9-3-8-16-14-7-4-11-10-12(15)5-6-13(11)14/h2,5-6,10,14,16H,1,3-4,7-9H2. The molecule has 0 fully saturated rings. The van der Waals surface area contributed by atoms with Crippen molar-refractivity contribution in [1.29, 1.82) is 0 Å². The number of benzene rings is 1. The number of rotatable bonds is 6. The summed E-state index contributed by atoms with van der Waals surface area (Å²) in [6, 6.07) is 6.68. The Morgan fingerprint density at radius 1 is 1.53 bits per heavy atom. The first-order valence-corrected chi connectivity index (χ1v) is 6.43. The van der Waals surface area contributed by atoms with Gasteiger partial charge in [-0.15, -0.1) is 0 Å². The summed E-state index contributed by atoms with van der Waals surface area (Å²) in [6.45, 7) is 5.22. The fraction of sp³-hybridized carbons (Fsp3) is 0.429. The first-order chi connectivity index (χ1) is 8.31. The van der Waals surface area contributed by atoms with Crippen LogP contribution in [0.15, 0.2) is 31.0 Å². The molecule has 3 heteroatoms. The van der Waals surface area contributed by atoms with Crippen LogP contribution in [0.2, 0.25) is 5.02 Å². The van der Waals surface area contributed by atoms with Gasteiger partial charge in [-0.1, -0.05) is 24.2 Å². The van der Waals surface area contributed by atoms with Crippen molar-refractivity contribution in [2.75, 3.05) is 13.2 Å². The van der Waals surface area contributed by atoms with Crippen LogP contribution >= 0.6 is 11.6 Å². The van der Waals surface area contributed by atoms with E-state index in [-0.39, 0.29) is 0 Å². The van der Waals surface area contributed by atoms with Crippen molar-refractivity contribution in [2.24, 2.45) is 0 Å². The third kappa shape index (κ3) is 3.24. The van der Waals surface area contributed by atoms with Crippen LogP contribution in [0.1, 0.15) is 30.0 Å². The zero-order chi connectivity index (χ0) is 12.1. The van der Waals surface area contributed by atoms with Gasteiger partial charge >= 0.3 is 0 Å². The summed E-state index contributed by atoms with van der Waals surface area (Å²) in [6.07, 6.45) is 4.78. The lowest BCUT2D eigenvalue weighted by molar-refractivity contribution is 0.243. The van der Waals surface area contributed by atoms with Gasteiger partial charge < -0.3 is 10.1 Å². The molecule has 0 aromatic heterocycles. The van der Waals surface area contributed by atoms with E-state index in [1.54, 1.807) is 0 Å². The molecular weight excluding hydrogens is 234 g/mol. The van der Waals surface area contributed by atoms with E-state index in [0.29, 0.717) is 6.04 Å². The fourth-order valence-electron chi connectivity index (χ4n) is 2.31. The van der Waals surface area contributed by atoms with E-state index in [4.69, 9.17) is 16.3 Å². The number of hydrogen-bond donors (Lipinski definition) is 1. The third-order valence-electron chi connectivity index (χ3n) is 3.13. The Labute approximate surface area is 108 Å². The second-order valence-electron chi connectivity index (χ2n) is 4.28. The molecule has 1 atom stereocenters. The van der Waals surface area contributed by atoms with E-state index >= 15 is 0 Å². The minimum absolute atomic E-state index is 0.478. The van der Waals surface area contributed by atoms with Gasteiger partial charge in [0.1, 0.15) is 0 Å². The zero-order valence-electron chi connectivity index (χ0n) is 9.92. The predicted molar refractivity (Wildman–Crippen MR) is 71.3 cm³/mol. The van der Waals surface area contributed by atoms with Crippen LogP contribution in [0, 0.1) is 0 Å². The lowest BCUT2D eigenvalue weighted by Gasteiger charge is -2.13. The lowest BCUT2D eigenvalue weighted by Crippen LogP contribution is -2.21. The molecule has 0 spiro atoms. The maximum atomic E-state index is 5.99. The highest BCUT2D eigenvalue weighted by molar-refractivity contribution is 6.30. The fourth-order valence-corrected chi connectivity index (χ4v) is 2.51. The monoisotopic (exact) mass is 251 g/mol. The quantitative estimate of drug-likeness (QED) is 0.618. The highest BCUT2D eigenvalue weighted by Gasteiger charge is 2.21. The molecule has 0 amide bonds. The van der Waals surface area contributed by atoms with E-state index < -0.39 is 0 Å². The van der Waals surface area contributed by atoms with Crippen LogP contribution in [0.3, 0.4) is 0 Å². The van der Waals surface area contributed by atoms with Gasteiger partial charge in [-0.25, -0.2) is 0 Å². The SMILES string of the molecule is C=COCCCNC1CCc2cc(Cl)ccc21. The van der Waals surface area contributed by atoms with Crippen molar-refractivity contribution in [2.45, 2.75) is 25.3 Å². The van der Waals surface area contributed by atoms with Gasteiger partial charge in [0.25, 0.3) is 0 Å². The Balaban J connectivity index is 1.83. The van der Waals surface area contributed by atoms with Gasteiger partial charge in [-0.3, -0.25) is 0 Å². The molecule has 0 saturated heterocycles. The zero-order valence-corrected chi connectivity index (χ0v) is 10.7. The van der Waals surface area contributed by atoms with Gasteiger partial charge in [0.2, 0.25) is 0 Å². The van der Waals surface area contributed by atoms with Gasteiger partial charge in [0, 0.05) is 11.1 Å². The summed E-state index contributed by atoms with van der Waals surface area (Å²) < 4.78 is 5.09. The molecule has 1 aliphatic rings. The minimum Gasteiger partial charge on any atom is -0.502 e. The largest absolute Gasteiger partial charge is 0.502 e. The van der Waals surface area contributed by atoms with Crippen LogP contribution in [-0.2, 0) is 11.2 Å². The van der Waals surface area contributed by atoms with E-state index in [1.807, 2.05) is 6.07 Å². The molecule has 1 unspecified atom stereocenters. The average Bonchev–Trinajstić information content (AvgIpc) is 2.71. The normalized spacial score (nSPS) is 17.8. The first-order valence-electron chi connectivity index (χ1n) is 6.05. The first kappa shape index (κ1) is 12.5. The molecule has 0 saturated carbocycles. The molecule has 1 aromatic rings. The van der Waals surface area contributed by atoms with Crippen LogP contribution in [0.25, 0.3) is 0 Å². The van der Waals surface area contributed by atoms with Gasteiger partial charge in [-0.05, 0) is 49.1 Å².